The molecule has 5 rings (SSSR count). The van der Waals surface area contributed by atoms with Crippen molar-refractivity contribution in [3.05, 3.63) is 76.3 Å². The van der Waals surface area contributed by atoms with Gasteiger partial charge in [-0.15, -0.1) is 0 Å². The van der Waals surface area contributed by atoms with Crippen molar-refractivity contribution in [1.82, 2.24) is 19.8 Å². The molecule has 0 saturated carbocycles. The number of hydrogen-bond donors (Lipinski definition) is 2. The van der Waals surface area contributed by atoms with Crippen LogP contribution in [0.25, 0.3) is 11.4 Å². The third-order valence-corrected chi connectivity index (χ3v) is 7.78. The summed E-state index contributed by atoms with van der Waals surface area (Å²) in [6.07, 6.45) is 0.0536. The second-order valence-electron chi connectivity index (χ2n) is 10.2. The fourth-order valence-electron chi connectivity index (χ4n) is 5.23. The van der Waals surface area contributed by atoms with Gasteiger partial charge in [0.2, 0.25) is 12.3 Å². The van der Waals surface area contributed by atoms with E-state index in [1.165, 1.54) is 6.08 Å². The topological polar surface area (TPSA) is 111 Å². The maximum atomic E-state index is 12.3. The van der Waals surface area contributed by atoms with E-state index >= 15 is 0 Å². The molecule has 1 amide bonds. The quantitative estimate of drug-likeness (QED) is 0.416. The molecule has 11 heteroatoms. The Bertz CT molecular complexity index is 1510. The van der Waals surface area contributed by atoms with Crippen molar-refractivity contribution in [2.75, 3.05) is 30.3 Å². The van der Waals surface area contributed by atoms with Gasteiger partial charge in [0.05, 0.1) is 21.3 Å². The van der Waals surface area contributed by atoms with Gasteiger partial charge in [0.15, 0.2) is 0 Å². The molecule has 2 atom stereocenters. The van der Waals surface area contributed by atoms with Crippen LogP contribution in [-0.4, -0.2) is 68.6 Å². The number of halogens is 2. The average molecular weight is 581 g/mol. The number of benzene rings is 1. The molecule has 1 saturated heterocycles. The molecule has 208 valence electrons. The molecule has 2 aliphatic rings. The van der Waals surface area contributed by atoms with E-state index < -0.39 is 6.35 Å². The minimum Gasteiger partial charge on any atom is -0.384 e. The number of fused-ring (bicyclic) bond motifs is 1. The molecule has 0 spiro atoms. The van der Waals surface area contributed by atoms with Crippen molar-refractivity contribution in [1.29, 1.82) is 0 Å². The van der Waals surface area contributed by atoms with Gasteiger partial charge in [0.1, 0.15) is 28.9 Å². The summed E-state index contributed by atoms with van der Waals surface area (Å²) in [7, 11) is 0. The number of aromatic nitrogens is 2. The Kier molecular flexibility index (Phi) is 7.72. The Morgan fingerprint density at radius 2 is 1.85 bits per heavy atom. The number of nitrogens with zero attached hydrogens (tertiary/aromatic N) is 6. The molecule has 1 fully saturated rings. The summed E-state index contributed by atoms with van der Waals surface area (Å²) in [5.41, 5.74) is 9.10. The summed E-state index contributed by atoms with van der Waals surface area (Å²) in [5.74, 6) is 1.34. The van der Waals surface area contributed by atoms with E-state index in [1.807, 2.05) is 31.2 Å². The van der Waals surface area contributed by atoms with Crippen LogP contribution < -0.4 is 10.6 Å². The highest BCUT2D eigenvalue weighted by Crippen LogP contribution is 2.42. The molecule has 1 unspecified atom stereocenters. The molecule has 0 radical (unpaired) electrons. The van der Waals surface area contributed by atoms with E-state index in [4.69, 9.17) is 38.9 Å². The molecule has 2 aromatic heterocycles. The smallest absolute Gasteiger partial charge is 0.246 e. The van der Waals surface area contributed by atoms with Crippen molar-refractivity contribution in [2.45, 2.75) is 39.1 Å². The zero-order valence-corrected chi connectivity index (χ0v) is 24.1. The van der Waals surface area contributed by atoms with E-state index in [2.05, 4.69) is 30.3 Å². The van der Waals surface area contributed by atoms with Crippen LogP contribution in [0.5, 0.6) is 0 Å². The molecule has 2 aliphatic heterocycles. The number of anilines is 3. The van der Waals surface area contributed by atoms with Gasteiger partial charge in [0.25, 0.3) is 0 Å². The largest absolute Gasteiger partial charge is 0.384 e. The predicted molar refractivity (Wildman–Crippen MR) is 160 cm³/mol. The number of carbonyl (C=O) groups is 1. The predicted octanol–water partition coefficient (Wildman–Crippen LogP) is 5.05. The van der Waals surface area contributed by atoms with Gasteiger partial charge < -0.3 is 20.6 Å². The van der Waals surface area contributed by atoms with E-state index in [0.29, 0.717) is 58.3 Å². The normalized spacial score (nSPS) is 19.0. The molecule has 9 nitrogen and oxygen atoms in total. The third-order valence-electron chi connectivity index (χ3n) is 7.19. The lowest BCUT2D eigenvalue weighted by Crippen LogP contribution is -2.56. The number of aliphatic imine (C=N–C) groups is 1. The van der Waals surface area contributed by atoms with Crippen LogP contribution in [0.4, 0.5) is 17.3 Å². The lowest BCUT2D eigenvalue weighted by atomic mass is 9.99. The number of nitrogens with two attached hydrogens (primary N) is 1. The van der Waals surface area contributed by atoms with Gasteiger partial charge in [-0.05, 0) is 48.7 Å². The Labute approximate surface area is 243 Å². The van der Waals surface area contributed by atoms with Gasteiger partial charge in [0, 0.05) is 25.7 Å². The zero-order valence-electron chi connectivity index (χ0n) is 22.6. The van der Waals surface area contributed by atoms with Gasteiger partial charge in [-0.25, -0.2) is 15.0 Å². The van der Waals surface area contributed by atoms with E-state index in [0.717, 1.165) is 11.3 Å². The summed E-state index contributed by atoms with van der Waals surface area (Å²) in [5, 5.41) is 12.2. The zero-order chi connectivity index (χ0) is 28.7. The van der Waals surface area contributed by atoms with Crippen LogP contribution in [0.3, 0.4) is 0 Å². The minimum atomic E-state index is -1.27. The Hall–Kier alpha value is -3.66. The monoisotopic (exact) mass is 579 g/mol. The Balaban J connectivity index is 1.69. The van der Waals surface area contributed by atoms with Gasteiger partial charge in [-0.2, -0.15) is 0 Å². The molecule has 4 heterocycles. The maximum absolute atomic E-state index is 12.3. The summed E-state index contributed by atoms with van der Waals surface area (Å²) in [4.78, 5) is 31.9. The van der Waals surface area contributed by atoms with Gasteiger partial charge in [-0.3, -0.25) is 9.69 Å². The number of pyridine rings is 2. The van der Waals surface area contributed by atoms with Gasteiger partial charge in [-0.1, -0.05) is 61.8 Å². The molecule has 3 N–H and O–H groups in total. The van der Waals surface area contributed by atoms with E-state index in [9.17, 15) is 9.90 Å². The van der Waals surface area contributed by atoms with Gasteiger partial charge >= 0.3 is 0 Å². The molecule has 3 aromatic rings. The highest BCUT2D eigenvalue weighted by molar-refractivity contribution is 6.36. The second kappa shape index (κ2) is 11.1. The fraction of sp³-hybridized carbons (Fsp3) is 0.310. The van der Waals surface area contributed by atoms with Crippen LogP contribution in [0.1, 0.15) is 37.8 Å². The first-order valence-corrected chi connectivity index (χ1v) is 13.8. The number of hydrogen-bond acceptors (Lipinski definition) is 8. The maximum Gasteiger partial charge on any atom is 0.246 e. The number of aliphatic hydroxyl groups is 1. The second-order valence-corrected chi connectivity index (χ2v) is 11.0. The van der Waals surface area contributed by atoms with Crippen LogP contribution in [0, 0.1) is 0 Å². The summed E-state index contributed by atoms with van der Waals surface area (Å²) in [6.45, 7) is 11.3. The standard InChI is InChI=1S/C29H31Cl2N7O2/c1-5-24(39)36-12-13-37(17(4)15-36)27-19-14-21(31)26(25-20(30)10-11-23(32)33-25)34-28(19)38(29(40)35-27)22-9-7-6-8-18(22)16(2)3/h5-11,14,16-17,29,40H,1,12-13,15H2,2-4H3,(H2,32,33)/t17-,29?/m0/s1. The molecular weight excluding hydrogens is 549 g/mol. The van der Waals surface area contributed by atoms with Crippen molar-refractivity contribution < 1.29 is 9.90 Å². The van der Waals surface area contributed by atoms with Crippen molar-refractivity contribution >= 4 is 52.3 Å². The SMILES string of the molecule is C=CC(=O)N1CCN(C2=NC(O)N(c3ccccc3C(C)C)c3nc(-c4nc(N)ccc4Cl)c(Cl)cc32)[C@@H](C)C1. The summed E-state index contributed by atoms with van der Waals surface area (Å²) >= 11 is 13.3. The number of amidine groups is 1. The third kappa shape index (κ3) is 5.00. The van der Waals surface area contributed by atoms with E-state index in [-0.39, 0.29) is 23.7 Å². The first-order chi connectivity index (χ1) is 19.1. The summed E-state index contributed by atoms with van der Waals surface area (Å²) in [6, 6.07) is 12.8. The highest BCUT2D eigenvalue weighted by atomic mass is 35.5. The molecule has 0 bridgehead atoms. The van der Waals surface area contributed by atoms with Crippen molar-refractivity contribution in [3.63, 3.8) is 0 Å². The van der Waals surface area contributed by atoms with Crippen LogP contribution in [0.2, 0.25) is 10.0 Å². The van der Waals surface area contributed by atoms with E-state index in [1.54, 1.807) is 28.0 Å². The minimum absolute atomic E-state index is 0.0885. The first kappa shape index (κ1) is 27.9. The first-order valence-electron chi connectivity index (χ1n) is 13.1. The molecule has 0 aliphatic carbocycles. The molecular formula is C29H31Cl2N7O2. The number of nitrogen functional groups attached to an aromatic ring is 1. The number of para-hydroxylation sites is 1. The number of carbonyl (C=O) groups excluding carboxylic acids is 1. The molecule has 1 aromatic carbocycles. The lowest BCUT2D eigenvalue weighted by Gasteiger charge is -2.44. The number of rotatable bonds is 4. The number of amides is 1. The number of aliphatic hydroxyl groups excluding tert-OH is 1. The van der Waals surface area contributed by atoms with Crippen LogP contribution in [-0.2, 0) is 4.79 Å². The van der Waals surface area contributed by atoms with Crippen molar-refractivity contribution in [3.8, 4) is 11.4 Å². The average Bonchev–Trinajstić information content (AvgIpc) is 2.93. The lowest BCUT2D eigenvalue weighted by molar-refractivity contribution is -0.128. The Morgan fingerprint density at radius 3 is 2.55 bits per heavy atom. The van der Waals surface area contributed by atoms with Crippen LogP contribution >= 0.6 is 23.2 Å². The number of piperazine rings is 1. The highest BCUT2D eigenvalue weighted by Gasteiger charge is 2.37. The Morgan fingerprint density at radius 1 is 1.12 bits per heavy atom. The van der Waals surface area contributed by atoms with Crippen LogP contribution in [0.15, 0.2) is 60.1 Å². The molecule has 40 heavy (non-hydrogen) atoms. The summed E-state index contributed by atoms with van der Waals surface area (Å²) < 4.78 is 0. The van der Waals surface area contributed by atoms with Crippen molar-refractivity contribution in [2.24, 2.45) is 4.99 Å². The fourth-order valence-corrected chi connectivity index (χ4v) is 5.66.